The highest BCUT2D eigenvalue weighted by atomic mass is 16.6. The molecule has 1 fully saturated rings. The Bertz CT molecular complexity index is 603. The quantitative estimate of drug-likeness (QED) is 0.764. The Morgan fingerprint density at radius 1 is 1.24 bits per heavy atom. The van der Waals surface area contributed by atoms with Gasteiger partial charge in [-0.2, -0.15) is 0 Å². The van der Waals surface area contributed by atoms with E-state index in [1.54, 1.807) is 0 Å². The normalized spacial score (nSPS) is 18.8. The highest BCUT2D eigenvalue weighted by molar-refractivity contribution is 5.69. The van der Waals surface area contributed by atoms with Gasteiger partial charge in [0.25, 0.3) is 0 Å². The molecule has 2 atom stereocenters. The second kappa shape index (κ2) is 7.89. The van der Waals surface area contributed by atoms with Crippen molar-refractivity contribution in [3.8, 4) is 0 Å². The van der Waals surface area contributed by atoms with Gasteiger partial charge in [0.2, 0.25) is 0 Å². The van der Waals surface area contributed by atoms with Gasteiger partial charge in [0.05, 0.1) is 0 Å². The minimum Gasteiger partial charge on any atom is -0.461 e. The third-order valence-electron chi connectivity index (χ3n) is 4.45. The molecule has 0 aromatic heterocycles. The van der Waals surface area contributed by atoms with E-state index in [4.69, 9.17) is 9.47 Å². The summed E-state index contributed by atoms with van der Waals surface area (Å²) in [6.45, 7) is 10.3. The van der Waals surface area contributed by atoms with Gasteiger partial charge in [-0.25, -0.2) is 4.79 Å². The summed E-state index contributed by atoms with van der Waals surface area (Å²) in [5.41, 5.74) is 1.65. The van der Waals surface area contributed by atoms with Crippen molar-refractivity contribution in [3.05, 3.63) is 35.4 Å². The molecule has 0 N–H and O–H groups in total. The first kappa shape index (κ1) is 19.3. The highest BCUT2D eigenvalue weighted by Crippen LogP contribution is 2.32. The molecule has 1 aromatic carbocycles. The largest absolute Gasteiger partial charge is 0.461 e. The zero-order valence-corrected chi connectivity index (χ0v) is 15.9. The summed E-state index contributed by atoms with van der Waals surface area (Å²) in [7, 11) is 0. The van der Waals surface area contributed by atoms with E-state index in [0.717, 1.165) is 24.9 Å². The molecule has 0 spiro atoms. The van der Waals surface area contributed by atoms with Crippen molar-refractivity contribution in [2.24, 2.45) is 0 Å². The van der Waals surface area contributed by atoms with E-state index < -0.39 is 5.60 Å². The Kier molecular flexibility index (Phi) is 6.09. The van der Waals surface area contributed by atoms with Crippen LogP contribution in [-0.4, -0.2) is 35.2 Å². The summed E-state index contributed by atoms with van der Waals surface area (Å²) < 4.78 is 10.6. The van der Waals surface area contributed by atoms with Gasteiger partial charge in [-0.05, 0) is 44.7 Å². The fourth-order valence-electron chi connectivity index (χ4n) is 3.18. The predicted octanol–water partition coefficient (Wildman–Crippen LogP) is 4.25. The van der Waals surface area contributed by atoms with Crippen molar-refractivity contribution in [3.63, 3.8) is 0 Å². The van der Waals surface area contributed by atoms with Crippen LogP contribution in [0.25, 0.3) is 0 Å². The number of carbonyl (C=O) groups is 2. The molecule has 1 aliphatic rings. The Hall–Kier alpha value is -2.04. The molecule has 0 saturated carbocycles. The third-order valence-corrected chi connectivity index (χ3v) is 4.45. The molecule has 2 rings (SSSR count). The molecule has 1 heterocycles. The van der Waals surface area contributed by atoms with Crippen LogP contribution in [0.15, 0.2) is 24.3 Å². The molecule has 0 unspecified atom stereocenters. The first-order valence-electron chi connectivity index (χ1n) is 8.89. The maximum Gasteiger partial charge on any atom is 0.410 e. The number of rotatable bonds is 4. The average Bonchev–Trinajstić information content (AvgIpc) is 3.01. The first-order chi connectivity index (χ1) is 11.7. The van der Waals surface area contributed by atoms with Crippen LogP contribution in [-0.2, 0) is 20.9 Å². The lowest BCUT2D eigenvalue weighted by Gasteiger charge is -2.32. The van der Waals surface area contributed by atoms with E-state index in [9.17, 15) is 9.59 Å². The number of amides is 1. The van der Waals surface area contributed by atoms with Crippen molar-refractivity contribution in [1.82, 2.24) is 4.90 Å². The van der Waals surface area contributed by atoms with Crippen molar-refractivity contribution in [2.75, 3.05) is 6.54 Å². The van der Waals surface area contributed by atoms with E-state index in [1.165, 1.54) is 12.5 Å². The standard InChI is InChI=1S/C20H29NO4/c1-14(17-10-8-16(9-11-17)13-24-15(2)22)18-7-6-12-21(18)19(23)25-20(3,4)5/h8-11,14,18H,6-7,12-13H2,1-5H3/t14-,18-/m1/s1. The Morgan fingerprint density at radius 2 is 1.88 bits per heavy atom. The molecular formula is C20H29NO4. The Morgan fingerprint density at radius 3 is 2.44 bits per heavy atom. The maximum absolute atomic E-state index is 12.5. The summed E-state index contributed by atoms with van der Waals surface area (Å²) in [5, 5.41) is 0. The molecule has 1 aromatic rings. The van der Waals surface area contributed by atoms with Crippen molar-refractivity contribution in [2.45, 2.75) is 71.6 Å². The third kappa shape index (κ3) is 5.48. The van der Waals surface area contributed by atoms with Gasteiger partial charge in [-0.3, -0.25) is 4.79 Å². The molecule has 5 heteroatoms. The van der Waals surface area contributed by atoms with Gasteiger partial charge in [0.15, 0.2) is 0 Å². The van der Waals surface area contributed by atoms with Crippen LogP contribution >= 0.6 is 0 Å². The number of carbonyl (C=O) groups excluding carboxylic acids is 2. The second-order valence-corrected chi connectivity index (χ2v) is 7.69. The number of hydrogen-bond acceptors (Lipinski definition) is 4. The molecule has 1 amide bonds. The zero-order valence-electron chi connectivity index (χ0n) is 15.9. The van der Waals surface area contributed by atoms with Crippen molar-refractivity contribution in [1.29, 1.82) is 0 Å². The monoisotopic (exact) mass is 347 g/mol. The van der Waals surface area contributed by atoms with Gasteiger partial charge in [0.1, 0.15) is 12.2 Å². The summed E-state index contributed by atoms with van der Waals surface area (Å²) in [4.78, 5) is 25.2. The highest BCUT2D eigenvalue weighted by Gasteiger charge is 2.35. The molecule has 1 saturated heterocycles. The van der Waals surface area contributed by atoms with Gasteiger partial charge in [-0.1, -0.05) is 31.2 Å². The molecule has 138 valence electrons. The number of ether oxygens (including phenoxy) is 2. The van der Waals surface area contributed by atoms with E-state index >= 15 is 0 Å². The van der Waals surface area contributed by atoms with Crippen LogP contribution in [0.2, 0.25) is 0 Å². The van der Waals surface area contributed by atoms with E-state index in [-0.39, 0.29) is 30.6 Å². The van der Waals surface area contributed by atoms with E-state index in [1.807, 2.05) is 37.8 Å². The van der Waals surface area contributed by atoms with E-state index in [0.29, 0.717) is 0 Å². The number of benzene rings is 1. The Labute approximate surface area is 150 Å². The summed E-state index contributed by atoms with van der Waals surface area (Å²) in [6, 6.07) is 8.20. The van der Waals surface area contributed by atoms with E-state index in [2.05, 4.69) is 19.1 Å². The van der Waals surface area contributed by atoms with Crippen molar-refractivity contribution < 1.29 is 19.1 Å². The molecule has 0 bridgehead atoms. The molecule has 25 heavy (non-hydrogen) atoms. The lowest BCUT2D eigenvalue weighted by Crippen LogP contribution is -2.41. The molecule has 5 nitrogen and oxygen atoms in total. The van der Waals surface area contributed by atoms with Crippen LogP contribution < -0.4 is 0 Å². The number of nitrogens with zero attached hydrogens (tertiary/aromatic N) is 1. The molecule has 0 radical (unpaired) electrons. The van der Waals surface area contributed by atoms with Gasteiger partial charge >= 0.3 is 12.1 Å². The van der Waals surface area contributed by atoms with Crippen LogP contribution in [0.3, 0.4) is 0 Å². The second-order valence-electron chi connectivity index (χ2n) is 7.69. The SMILES string of the molecule is CC(=O)OCc1ccc([C@@H](C)[C@H]2CCCN2C(=O)OC(C)(C)C)cc1. The lowest BCUT2D eigenvalue weighted by molar-refractivity contribution is -0.142. The predicted molar refractivity (Wildman–Crippen MR) is 96.3 cm³/mol. The minimum atomic E-state index is -0.480. The number of hydrogen-bond donors (Lipinski definition) is 0. The summed E-state index contributed by atoms with van der Waals surface area (Å²) >= 11 is 0. The molecule has 0 aliphatic carbocycles. The van der Waals surface area contributed by atoms with Crippen molar-refractivity contribution >= 4 is 12.1 Å². The topological polar surface area (TPSA) is 55.8 Å². The maximum atomic E-state index is 12.5. The lowest BCUT2D eigenvalue weighted by atomic mass is 9.91. The molecule has 1 aliphatic heterocycles. The Balaban J connectivity index is 2.04. The van der Waals surface area contributed by atoms with Gasteiger partial charge in [-0.15, -0.1) is 0 Å². The number of likely N-dealkylation sites (tertiary alicyclic amines) is 1. The number of esters is 1. The fraction of sp³-hybridized carbons (Fsp3) is 0.600. The van der Waals surface area contributed by atoms with Gasteiger partial charge in [0, 0.05) is 25.4 Å². The summed E-state index contributed by atoms with van der Waals surface area (Å²) in [6.07, 6.45) is 1.75. The average molecular weight is 347 g/mol. The minimum absolute atomic E-state index is 0.147. The fourth-order valence-corrected chi connectivity index (χ4v) is 3.18. The molecular weight excluding hydrogens is 318 g/mol. The smallest absolute Gasteiger partial charge is 0.410 e. The zero-order chi connectivity index (χ0) is 18.6. The van der Waals surface area contributed by atoms with Crippen LogP contribution in [0.5, 0.6) is 0 Å². The van der Waals surface area contributed by atoms with Crippen LogP contribution in [0.4, 0.5) is 4.79 Å². The van der Waals surface area contributed by atoms with Gasteiger partial charge < -0.3 is 14.4 Å². The first-order valence-corrected chi connectivity index (χ1v) is 8.89. The van der Waals surface area contributed by atoms with Crippen LogP contribution in [0, 0.1) is 0 Å². The van der Waals surface area contributed by atoms with Crippen LogP contribution in [0.1, 0.15) is 64.5 Å². The summed E-state index contributed by atoms with van der Waals surface area (Å²) in [5.74, 6) is -0.0609.